The van der Waals surface area contributed by atoms with Gasteiger partial charge in [-0.15, -0.1) is 0 Å². The number of halogens is 4. The van der Waals surface area contributed by atoms with Crippen LogP contribution in [-0.2, 0) is 11.8 Å². The van der Waals surface area contributed by atoms with Gasteiger partial charge in [0.05, 0.1) is 17.4 Å². The Kier molecular flexibility index (Phi) is 5.97. The Bertz CT molecular complexity index is 1310. The molecule has 0 spiro atoms. The van der Waals surface area contributed by atoms with Crippen LogP contribution in [0, 0.1) is 12.7 Å². The summed E-state index contributed by atoms with van der Waals surface area (Å²) in [5, 5.41) is 11.6. The molecule has 0 aliphatic carbocycles. The Labute approximate surface area is 194 Å². The lowest BCUT2D eigenvalue weighted by molar-refractivity contribution is -0.266. The van der Waals surface area contributed by atoms with Gasteiger partial charge in [0.25, 0.3) is 0 Å². The Morgan fingerprint density at radius 2 is 1.79 bits per heavy atom. The van der Waals surface area contributed by atoms with E-state index in [0.29, 0.717) is 27.7 Å². The highest BCUT2D eigenvalue weighted by Crippen LogP contribution is 2.44. The highest BCUT2D eigenvalue weighted by Gasteiger charge is 2.56. The lowest BCUT2D eigenvalue weighted by atomic mass is 9.72. The van der Waals surface area contributed by atoms with Crippen molar-refractivity contribution in [3.8, 4) is 11.3 Å². The van der Waals surface area contributed by atoms with Crippen LogP contribution in [0.25, 0.3) is 22.2 Å². The van der Waals surface area contributed by atoms with Crippen LogP contribution in [0.3, 0.4) is 0 Å². The maximum absolute atomic E-state index is 14.2. The third-order valence-corrected chi connectivity index (χ3v) is 6.19. The number of aromatic amines is 1. The molecule has 2 N–H and O–H groups in total. The minimum atomic E-state index is -4.90. The average Bonchev–Trinajstić information content (AvgIpc) is 3.15. The molecule has 1 atom stereocenters. The van der Waals surface area contributed by atoms with Gasteiger partial charge in [-0.3, -0.25) is 9.97 Å². The van der Waals surface area contributed by atoms with Crippen molar-refractivity contribution >= 4 is 10.9 Å². The molecule has 0 aliphatic heterocycles. The number of fused-ring (bicyclic) bond motifs is 1. The summed E-state index contributed by atoms with van der Waals surface area (Å²) in [7, 11) is 0. The molecule has 4 aromatic rings. The molecule has 0 bridgehead atoms. The van der Waals surface area contributed by atoms with Gasteiger partial charge < -0.3 is 10.1 Å². The number of pyridine rings is 2. The highest BCUT2D eigenvalue weighted by molar-refractivity contribution is 5.83. The van der Waals surface area contributed by atoms with E-state index in [9.17, 15) is 22.7 Å². The lowest BCUT2D eigenvalue weighted by Crippen LogP contribution is -2.51. The van der Waals surface area contributed by atoms with Crippen LogP contribution >= 0.6 is 0 Å². The number of H-pyrrole nitrogens is 1. The van der Waals surface area contributed by atoms with Crippen molar-refractivity contribution in [2.75, 3.05) is 0 Å². The van der Waals surface area contributed by atoms with Crippen LogP contribution in [0.4, 0.5) is 17.6 Å². The van der Waals surface area contributed by atoms with Gasteiger partial charge in [-0.05, 0) is 66.3 Å². The molecule has 178 valence electrons. The Hall–Kier alpha value is -3.26. The van der Waals surface area contributed by atoms with Gasteiger partial charge in [0.1, 0.15) is 5.82 Å². The van der Waals surface area contributed by atoms with E-state index in [-0.39, 0.29) is 5.69 Å². The fourth-order valence-corrected chi connectivity index (χ4v) is 4.59. The predicted molar refractivity (Wildman–Crippen MR) is 123 cm³/mol. The molecule has 3 aromatic heterocycles. The van der Waals surface area contributed by atoms with Crippen LogP contribution in [0.2, 0.25) is 0 Å². The summed E-state index contributed by atoms with van der Waals surface area (Å²) >= 11 is 0. The number of aryl methyl sites for hydroxylation is 1. The zero-order valence-electron chi connectivity index (χ0n) is 19.0. The fraction of sp³-hybridized carbons (Fsp3) is 0.308. The van der Waals surface area contributed by atoms with E-state index in [0.717, 1.165) is 5.56 Å². The van der Waals surface area contributed by atoms with E-state index in [1.54, 1.807) is 57.6 Å². The first kappa shape index (κ1) is 23.9. The molecule has 0 fully saturated rings. The number of aliphatic hydroxyl groups is 1. The molecule has 8 heteroatoms. The van der Waals surface area contributed by atoms with Crippen LogP contribution in [0.5, 0.6) is 0 Å². The van der Waals surface area contributed by atoms with Crippen molar-refractivity contribution < 1.29 is 22.7 Å². The van der Waals surface area contributed by atoms with Crippen molar-refractivity contribution in [1.82, 2.24) is 15.0 Å². The first-order valence-corrected chi connectivity index (χ1v) is 10.8. The Balaban J connectivity index is 1.67. The molecule has 4 rings (SSSR count). The second-order valence-electron chi connectivity index (χ2n) is 9.42. The Morgan fingerprint density at radius 1 is 1.03 bits per heavy atom. The van der Waals surface area contributed by atoms with Gasteiger partial charge in [-0.1, -0.05) is 19.9 Å². The second-order valence-corrected chi connectivity index (χ2v) is 9.42. The molecule has 1 unspecified atom stereocenters. The summed E-state index contributed by atoms with van der Waals surface area (Å²) in [6.07, 6.45) is -1.37. The van der Waals surface area contributed by atoms with Gasteiger partial charge in [0.15, 0.2) is 5.60 Å². The van der Waals surface area contributed by atoms with Gasteiger partial charge in [0.2, 0.25) is 0 Å². The topological polar surface area (TPSA) is 61.8 Å². The van der Waals surface area contributed by atoms with E-state index in [2.05, 4.69) is 15.0 Å². The number of rotatable bonds is 6. The standard InChI is InChI=1S/C26H25F4N3O/c1-16-6-7-19(27)11-21(16)24(2,3)15-25(34,26(28,29)30)12-20-9-18-10-22(32-14-23(18)33-20)17-5-4-8-31-13-17/h4-11,13-14,33-34H,12,15H2,1-3H3. The number of nitrogens with zero attached hydrogens (tertiary/aromatic N) is 2. The van der Waals surface area contributed by atoms with E-state index in [4.69, 9.17) is 0 Å². The molecule has 0 saturated heterocycles. The number of nitrogens with one attached hydrogen (secondary N) is 1. The van der Waals surface area contributed by atoms with Crippen LogP contribution < -0.4 is 0 Å². The first-order valence-electron chi connectivity index (χ1n) is 10.8. The maximum Gasteiger partial charge on any atom is 0.417 e. The van der Waals surface area contributed by atoms with Gasteiger partial charge >= 0.3 is 6.18 Å². The van der Waals surface area contributed by atoms with E-state index in [1.165, 1.54) is 18.2 Å². The molecule has 0 amide bonds. The summed E-state index contributed by atoms with van der Waals surface area (Å²) in [6.45, 7) is 4.88. The molecule has 0 aliphatic rings. The third kappa shape index (κ3) is 4.68. The summed E-state index contributed by atoms with van der Waals surface area (Å²) in [5.74, 6) is -0.531. The van der Waals surface area contributed by atoms with Crippen molar-refractivity contribution in [2.24, 2.45) is 0 Å². The number of alkyl halides is 3. The number of hydrogen-bond donors (Lipinski definition) is 2. The predicted octanol–water partition coefficient (Wildman–Crippen LogP) is 6.28. The molecule has 4 nitrogen and oxygen atoms in total. The minimum absolute atomic E-state index is 0.228. The van der Waals surface area contributed by atoms with Crippen molar-refractivity contribution in [3.63, 3.8) is 0 Å². The SMILES string of the molecule is Cc1ccc(F)cc1C(C)(C)CC(O)(Cc1cc2cc(-c3cccnc3)ncc2[nH]1)C(F)(F)F. The first-order chi connectivity index (χ1) is 15.9. The zero-order chi connectivity index (χ0) is 24.7. The zero-order valence-corrected chi connectivity index (χ0v) is 19.0. The molecule has 0 saturated carbocycles. The van der Waals surface area contributed by atoms with E-state index >= 15 is 0 Å². The average molecular weight is 471 g/mol. The van der Waals surface area contributed by atoms with Crippen molar-refractivity contribution in [3.05, 3.63) is 83.7 Å². The number of hydrogen-bond acceptors (Lipinski definition) is 3. The molecular weight excluding hydrogens is 446 g/mol. The van der Waals surface area contributed by atoms with E-state index in [1.807, 2.05) is 6.07 Å². The molecule has 34 heavy (non-hydrogen) atoms. The summed E-state index contributed by atoms with van der Waals surface area (Å²) in [5.41, 5.74) is -0.870. The van der Waals surface area contributed by atoms with Gasteiger partial charge in [0, 0.05) is 35.5 Å². The monoisotopic (exact) mass is 471 g/mol. The van der Waals surface area contributed by atoms with E-state index < -0.39 is 35.9 Å². The summed E-state index contributed by atoms with van der Waals surface area (Å²) in [4.78, 5) is 11.4. The third-order valence-electron chi connectivity index (χ3n) is 6.19. The van der Waals surface area contributed by atoms with Crippen LogP contribution in [-0.4, -0.2) is 31.8 Å². The maximum atomic E-state index is 14.2. The van der Waals surface area contributed by atoms with Gasteiger partial charge in [-0.2, -0.15) is 13.2 Å². The molecular formula is C26H25F4N3O. The largest absolute Gasteiger partial charge is 0.417 e. The Morgan fingerprint density at radius 3 is 2.47 bits per heavy atom. The summed E-state index contributed by atoms with van der Waals surface area (Å²) < 4.78 is 56.5. The number of aromatic nitrogens is 3. The number of benzene rings is 1. The smallest absolute Gasteiger partial charge is 0.380 e. The van der Waals surface area contributed by atoms with Crippen LogP contribution in [0.15, 0.2) is 61.1 Å². The fourth-order valence-electron chi connectivity index (χ4n) is 4.59. The molecule has 3 heterocycles. The highest BCUT2D eigenvalue weighted by atomic mass is 19.4. The lowest BCUT2D eigenvalue weighted by Gasteiger charge is -2.38. The second kappa shape index (κ2) is 8.51. The van der Waals surface area contributed by atoms with Crippen LogP contribution in [0.1, 0.15) is 37.1 Å². The van der Waals surface area contributed by atoms with Gasteiger partial charge in [-0.25, -0.2) is 4.39 Å². The summed E-state index contributed by atoms with van der Waals surface area (Å²) in [6, 6.07) is 11.0. The van der Waals surface area contributed by atoms with Crippen molar-refractivity contribution in [2.45, 2.75) is 50.8 Å². The molecule has 0 radical (unpaired) electrons. The normalized spacial score (nSPS) is 14.4. The minimum Gasteiger partial charge on any atom is -0.380 e. The van der Waals surface area contributed by atoms with Crippen molar-refractivity contribution in [1.29, 1.82) is 0 Å². The molecule has 1 aromatic carbocycles. The quantitative estimate of drug-likeness (QED) is 0.326.